The van der Waals surface area contributed by atoms with E-state index < -0.39 is 0 Å². The molecule has 1 atom stereocenters. The molecule has 1 unspecified atom stereocenters. The highest BCUT2D eigenvalue weighted by Gasteiger charge is 2.26. The standard InChI is InChI=1S/C18H22N6/c19-16(17-15-5-7-21-18(15)23-12-22-17)14-4-2-8-24(11-14)10-13-3-1-6-20-9-13/h1,3,5-7,9,12,14,21H,2,4,8,10-11,19H2,(H,22,23)/b17-16-. The Kier molecular flexibility index (Phi) is 4.04. The number of rotatable bonds is 3. The minimum Gasteiger partial charge on any atom is -0.400 e. The van der Waals surface area contributed by atoms with E-state index in [0.29, 0.717) is 5.92 Å². The summed E-state index contributed by atoms with van der Waals surface area (Å²) in [5, 5.41) is 3.24. The number of nitrogens with two attached hydrogens (primary N) is 1. The summed E-state index contributed by atoms with van der Waals surface area (Å²) in [4.78, 5) is 14.1. The molecular weight excluding hydrogens is 300 g/mol. The van der Waals surface area contributed by atoms with Crippen molar-refractivity contribution in [3.8, 4) is 0 Å². The van der Waals surface area contributed by atoms with E-state index in [1.165, 1.54) is 5.56 Å². The van der Waals surface area contributed by atoms with Gasteiger partial charge in [-0.25, -0.2) is 4.99 Å². The minimum absolute atomic E-state index is 0.354. The number of nitrogens with zero attached hydrogens (tertiary/aromatic N) is 3. The van der Waals surface area contributed by atoms with Crippen LogP contribution >= 0.6 is 0 Å². The average molecular weight is 322 g/mol. The Morgan fingerprint density at radius 2 is 2.33 bits per heavy atom. The van der Waals surface area contributed by atoms with Crippen molar-refractivity contribution in [2.45, 2.75) is 19.4 Å². The normalized spacial score (nSPS) is 22.8. The summed E-state index contributed by atoms with van der Waals surface area (Å²) in [6.07, 6.45) is 9.64. The second-order valence-electron chi connectivity index (χ2n) is 6.41. The van der Waals surface area contributed by atoms with E-state index in [1.807, 2.05) is 30.7 Å². The van der Waals surface area contributed by atoms with Crippen LogP contribution in [0.15, 0.2) is 47.5 Å². The number of likely N-dealkylation sites (tertiary alicyclic amines) is 1. The van der Waals surface area contributed by atoms with E-state index in [0.717, 1.165) is 55.3 Å². The van der Waals surface area contributed by atoms with E-state index in [4.69, 9.17) is 5.73 Å². The number of fused-ring (bicyclic) bond motifs is 1. The zero-order chi connectivity index (χ0) is 16.4. The van der Waals surface area contributed by atoms with Crippen molar-refractivity contribution in [1.82, 2.24) is 20.2 Å². The summed E-state index contributed by atoms with van der Waals surface area (Å²) < 4.78 is 0. The summed E-state index contributed by atoms with van der Waals surface area (Å²) in [7, 11) is 0. The molecule has 6 nitrogen and oxygen atoms in total. The molecular formula is C18H22N6. The van der Waals surface area contributed by atoms with Gasteiger partial charge in [0.05, 0.1) is 12.0 Å². The Morgan fingerprint density at radius 1 is 1.38 bits per heavy atom. The number of piperidine rings is 1. The van der Waals surface area contributed by atoms with E-state index in [1.54, 1.807) is 6.34 Å². The molecule has 24 heavy (non-hydrogen) atoms. The number of hydrogen-bond donors (Lipinski definition) is 3. The van der Waals surface area contributed by atoms with Crippen LogP contribution in [-0.2, 0) is 6.54 Å². The number of H-pyrrole nitrogens is 1. The van der Waals surface area contributed by atoms with Crippen LogP contribution in [0.25, 0.3) is 5.70 Å². The topological polar surface area (TPSA) is 82.3 Å². The molecule has 2 aromatic rings. The van der Waals surface area contributed by atoms with E-state index in [9.17, 15) is 0 Å². The fourth-order valence-corrected chi connectivity index (χ4v) is 3.55. The molecule has 4 heterocycles. The number of aliphatic imine (C=N–C) groups is 1. The second-order valence-corrected chi connectivity index (χ2v) is 6.41. The summed E-state index contributed by atoms with van der Waals surface area (Å²) in [5.41, 5.74) is 10.8. The van der Waals surface area contributed by atoms with Crippen LogP contribution in [0, 0.1) is 5.92 Å². The third-order valence-corrected chi connectivity index (χ3v) is 4.76. The highest BCUT2D eigenvalue weighted by molar-refractivity contribution is 5.87. The van der Waals surface area contributed by atoms with Gasteiger partial charge in [0.2, 0.25) is 0 Å². The van der Waals surface area contributed by atoms with E-state index >= 15 is 0 Å². The minimum atomic E-state index is 0.354. The second kappa shape index (κ2) is 6.49. The van der Waals surface area contributed by atoms with Crippen LogP contribution in [0.1, 0.15) is 24.0 Å². The van der Waals surface area contributed by atoms with Gasteiger partial charge in [0, 0.05) is 48.9 Å². The molecule has 6 heteroatoms. The molecule has 0 aromatic carbocycles. The largest absolute Gasteiger partial charge is 0.400 e. The fraction of sp³-hybridized carbons (Fsp3) is 0.333. The molecule has 0 radical (unpaired) electrons. The van der Waals surface area contributed by atoms with Gasteiger partial charge in [-0.3, -0.25) is 9.88 Å². The molecule has 4 rings (SSSR count). The summed E-state index contributed by atoms with van der Waals surface area (Å²) in [6, 6.07) is 6.15. The molecule has 1 fully saturated rings. The van der Waals surface area contributed by atoms with Crippen molar-refractivity contribution in [1.29, 1.82) is 0 Å². The van der Waals surface area contributed by atoms with Crippen LogP contribution in [0.2, 0.25) is 0 Å². The lowest BCUT2D eigenvalue weighted by atomic mass is 9.92. The van der Waals surface area contributed by atoms with Gasteiger partial charge >= 0.3 is 0 Å². The molecule has 0 aliphatic carbocycles. The number of aromatic nitrogens is 2. The summed E-state index contributed by atoms with van der Waals surface area (Å²) in [5.74, 6) is 1.22. The predicted molar refractivity (Wildman–Crippen MR) is 95.4 cm³/mol. The van der Waals surface area contributed by atoms with Gasteiger partial charge in [-0.05, 0) is 37.1 Å². The maximum absolute atomic E-state index is 6.56. The van der Waals surface area contributed by atoms with Crippen molar-refractivity contribution in [2.24, 2.45) is 16.6 Å². The fourth-order valence-electron chi connectivity index (χ4n) is 3.55. The SMILES string of the molecule is N/C(=C1\NC=Nc2[nH]ccc21)C1CCCN(Cc2cccnc2)C1. The molecule has 1 saturated heterocycles. The average Bonchev–Trinajstić information content (AvgIpc) is 3.11. The zero-order valence-electron chi connectivity index (χ0n) is 13.6. The van der Waals surface area contributed by atoms with Gasteiger partial charge in [-0.15, -0.1) is 0 Å². The highest BCUT2D eigenvalue weighted by Crippen LogP contribution is 2.31. The first-order chi connectivity index (χ1) is 11.8. The monoisotopic (exact) mass is 322 g/mol. The van der Waals surface area contributed by atoms with Gasteiger partial charge in [-0.1, -0.05) is 6.07 Å². The first-order valence-electron chi connectivity index (χ1n) is 8.39. The van der Waals surface area contributed by atoms with E-state index in [2.05, 4.69) is 31.2 Å². The Balaban J connectivity index is 1.52. The van der Waals surface area contributed by atoms with Crippen LogP contribution in [0.5, 0.6) is 0 Å². The molecule has 2 aliphatic rings. The number of hydrogen-bond acceptors (Lipinski definition) is 5. The van der Waals surface area contributed by atoms with Crippen molar-refractivity contribution >= 4 is 17.9 Å². The maximum Gasteiger partial charge on any atom is 0.141 e. The van der Waals surface area contributed by atoms with Crippen molar-refractivity contribution < 1.29 is 0 Å². The Bertz CT molecular complexity index is 761. The Morgan fingerprint density at radius 3 is 3.21 bits per heavy atom. The van der Waals surface area contributed by atoms with Gasteiger partial charge in [-0.2, -0.15) is 0 Å². The number of nitrogens with one attached hydrogen (secondary N) is 2. The molecule has 0 saturated carbocycles. The van der Waals surface area contributed by atoms with Crippen LogP contribution in [0.3, 0.4) is 0 Å². The zero-order valence-corrected chi connectivity index (χ0v) is 13.6. The number of pyridine rings is 1. The lowest BCUT2D eigenvalue weighted by molar-refractivity contribution is 0.183. The lowest BCUT2D eigenvalue weighted by Crippen LogP contribution is -2.38. The molecule has 4 N–H and O–H groups in total. The quantitative estimate of drug-likeness (QED) is 0.809. The number of aromatic amines is 1. The summed E-state index contributed by atoms with van der Waals surface area (Å²) >= 11 is 0. The molecule has 0 amide bonds. The molecule has 2 aromatic heterocycles. The molecule has 2 aliphatic heterocycles. The Labute approximate surface area is 141 Å². The smallest absolute Gasteiger partial charge is 0.141 e. The Hall–Kier alpha value is -2.60. The summed E-state index contributed by atoms with van der Waals surface area (Å²) in [6.45, 7) is 3.01. The van der Waals surface area contributed by atoms with Gasteiger partial charge < -0.3 is 16.0 Å². The van der Waals surface area contributed by atoms with Gasteiger partial charge in [0.15, 0.2) is 0 Å². The van der Waals surface area contributed by atoms with Crippen LogP contribution < -0.4 is 11.1 Å². The molecule has 124 valence electrons. The van der Waals surface area contributed by atoms with Crippen molar-refractivity contribution in [3.63, 3.8) is 0 Å². The van der Waals surface area contributed by atoms with Crippen LogP contribution in [-0.4, -0.2) is 34.3 Å². The first kappa shape index (κ1) is 15.0. The predicted octanol–water partition coefficient (Wildman–Crippen LogP) is 2.21. The molecule has 0 spiro atoms. The van der Waals surface area contributed by atoms with Crippen molar-refractivity contribution in [2.75, 3.05) is 13.1 Å². The third kappa shape index (κ3) is 2.92. The van der Waals surface area contributed by atoms with Gasteiger partial charge in [0.25, 0.3) is 0 Å². The first-order valence-corrected chi connectivity index (χ1v) is 8.39. The lowest BCUT2D eigenvalue weighted by Gasteiger charge is -2.34. The molecule has 0 bridgehead atoms. The van der Waals surface area contributed by atoms with Crippen molar-refractivity contribution in [3.05, 3.63) is 53.6 Å². The maximum atomic E-state index is 6.56. The third-order valence-electron chi connectivity index (χ3n) is 4.76. The highest BCUT2D eigenvalue weighted by atomic mass is 15.1. The van der Waals surface area contributed by atoms with Crippen LogP contribution in [0.4, 0.5) is 5.82 Å². The van der Waals surface area contributed by atoms with Gasteiger partial charge in [0.1, 0.15) is 5.82 Å². The van der Waals surface area contributed by atoms with E-state index in [-0.39, 0.29) is 0 Å².